The Kier molecular flexibility index (Phi) is 4.60. The van der Waals surface area contributed by atoms with Gasteiger partial charge in [-0.05, 0) is 32.8 Å². The first-order valence-corrected chi connectivity index (χ1v) is 7.12. The Morgan fingerprint density at radius 1 is 1.60 bits per heavy atom. The van der Waals surface area contributed by atoms with Gasteiger partial charge in [0.1, 0.15) is 0 Å². The van der Waals surface area contributed by atoms with E-state index in [1.54, 1.807) is 19.5 Å². The molecule has 1 amide bonds. The molecule has 1 aliphatic rings. The summed E-state index contributed by atoms with van der Waals surface area (Å²) in [7, 11) is 1.71. The average molecular weight is 277 g/mol. The highest BCUT2D eigenvalue weighted by atomic mass is 16.5. The van der Waals surface area contributed by atoms with Crippen LogP contribution in [-0.2, 0) is 4.74 Å². The fourth-order valence-corrected chi connectivity index (χ4v) is 2.63. The molecule has 0 aliphatic carbocycles. The van der Waals surface area contributed by atoms with Crippen LogP contribution >= 0.6 is 0 Å². The molecule has 20 heavy (non-hydrogen) atoms. The Balaban J connectivity index is 2.19. The number of hydrogen-bond donors (Lipinski definition) is 1. The van der Waals surface area contributed by atoms with Gasteiger partial charge >= 0.3 is 0 Å². The number of rotatable bonds is 4. The molecular formula is C15H23N3O2. The van der Waals surface area contributed by atoms with Crippen LogP contribution in [0.2, 0.25) is 0 Å². The highest BCUT2D eigenvalue weighted by Crippen LogP contribution is 2.26. The van der Waals surface area contributed by atoms with E-state index >= 15 is 0 Å². The lowest BCUT2D eigenvalue weighted by atomic mass is 9.94. The SMILES string of the molecule is CCNc1ccncc1C(=O)N1CCCC(C)(OC)C1. The van der Waals surface area contributed by atoms with Gasteiger partial charge in [-0.3, -0.25) is 9.78 Å². The minimum atomic E-state index is -0.242. The lowest BCUT2D eigenvalue weighted by Crippen LogP contribution is -2.49. The number of pyridine rings is 1. The number of hydrogen-bond acceptors (Lipinski definition) is 4. The van der Waals surface area contributed by atoms with E-state index < -0.39 is 0 Å². The van der Waals surface area contributed by atoms with Crippen molar-refractivity contribution in [2.24, 2.45) is 0 Å². The minimum absolute atomic E-state index is 0.0250. The maximum Gasteiger partial charge on any atom is 0.257 e. The van der Waals surface area contributed by atoms with Crippen LogP contribution in [0.15, 0.2) is 18.5 Å². The summed E-state index contributed by atoms with van der Waals surface area (Å²) in [5, 5.41) is 3.21. The van der Waals surface area contributed by atoms with Gasteiger partial charge in [-0.15, -0.1) is 0 Å². The highest BCUT2D eigenvalue weighted by molar-refractivity contribution is 5.99. The van der Waals surface area contributed by atoms with Gasteiger partial charge in [0.15, 0.2) is 0 Å². The number of nitrogens with one attached hydrogen (secondary N) is 1. The summed E-state index contributed by atoms with van der Waals surface area (Å²) in [6, 6.07) is 1.84. The quantitative estimate of drug-likeness (QED) is 0.916. The van der Waals surface area contributed by atoms with Crippen LogP contribution in [-0.4, -0.2) is 48.1 Å². The van der Waals surface area contributed by atoms with Gasteiger partial charge in [-0.25, -0.2) is 0 Å². The molecule has 2 heterocycles. The van der Waals surface area contributed by atoms with Gasteiger partial charge in [0.25, 0.3) is 5.91 Å². The first-order chi connectivity index (χ1) is 9.59. The van der Waals surface area contributed by atoms with Crippen molar-refractivity contribution in [3.63, 3.8) is 0 Å². The van der Waals surface area contributed by atoms with Gasteiger partial charge in [-0.2, -0.15) is 0 Å². The summed E-state index contributed by atoms with van der Waals surface area (Å²) in [5.74, 6) is 0.0250. The number of carbonyl (C=O) groups excluding carboxylic acids is 1. The molecule has 0 saturated carbocycles. The second-order valence-corrected chi connectivity index (χ2v) is 5.44. The number of nitrogens with zero attached hydrogens (tertiary/aromatic N) is 2. The third-order valence-corrected chi connectivity index (χ3v) is 3.86. The molecular weight excluding hydrogens is 254 g/mol. The molecule has 110 valence electrons. The monoisotopic (exact) mass is 277 g/mol. The molecule has 1 aliphatic heterocycles. The summed E-state index contributed by atoms with van der Waals surface area (Å²) in [4.78, 5) is 18.6. The number of likely N-dealkylation sites (tertiary alicyclic amines) is 1. The molecule has 1 unspecified atom stereocenters. The summed E-state index contributed by atoms with van der Waals surface area (Å²) in [6.07, 6.45) is 5.29. The predicted octanol–water partition coefficient (Wildman–Crippen LogP) is 2.15. The summed E-state index contributed by atoms with van der Waals surface area (Å²) >= 11 is 0. The largest absolute Gasteiger partial charge is 0.385 e. The van der Waals surface area contributed by atoms with E-state index in [-0.39, 0.29) is 11.5 Å². The van der Waals surface area contributed by atoms with Gasteiger partial charge in [0.2, 0.25) is 0 Å². The van der Waals surface area contributed by atoms with Crippen molar-refractivity contribution in [1.82, 2.24) is 9.88 Å². The van der Waals surface area contributed by atoms with E-state index in [0.29, 0.717) is 12.1 Å². The zero-order valence-electron chi connectivity index (χ0n) is 12.5. The smallest absolute Gasteiger partial charge is 0.257 e. The van der Waals surface area contributed by atoms with E-state index in [9.17, 15) is 4.79 Å². The van der Waals surface area contributed by atoms with Crippen molar-refractivity contribution in [1.29, 1.82) is 0 Å². The van der Waals surface area contributed by atoms with Crippen molar-refractivity contribution in [2.45, 2.75) is 32.3 Å². The molecule has 5 nitrogen and oxygen atoms in total. The number of carbonyl (C=O) groups is 1. The molecule has 1 aromatic rings. The number of anilines is 1. The van der Waals surface area contributed by atoms with Crippen molar-refractivity contribution in [3.8, 4) is 0 Å². The van der Waals surface area contributed by atoms with Crippen molar-refractivity contribution >= 4 is 11.6 Å². The lowest BCUT2D eigenvalue weighted by molar-refractivity contribution is -0.0440. The highest BCUT2D eigenvalue weighted by Gasteiger charge is 2.33. The zero-order valence-corrected chi connectivity index (χ0v) is 12.5. The van der Waals surface area contributed by atoms with Crippen LogP contribution in [0.4, 0.5) is 5.69 Å². The topological polar surface area (TPSA) is 54.5 Å². The van der Waals surface area contributed by atoms with Crippen LogP contribution in [0.1, 0.15) is 37.0 Å². The van der Waals surface area contributed by atoms with Crippen LogP contribution in [0, 0.1) is 0 Å². The fourth-order valence-electron chi connectivity index (χ4n) is 2.63. The summed E-state index contributed by atoms with van der Waals surface area (Å²) < 4.78 is 5.55. The third-order valence-electron chi connectivity index (χ3n) is 3.86. The second-order valence-electron chi connectivity index (χ2n) is 5.44. The molecule has 1 N–H and O–H groups in total. The average Bonchev–Trinajstić information content (AvgIpc) is 2.47. The molecule has 0 radical (unpaired) electrons. The minimum Gasteiger partial charge on any atom is -0.385 e. The maximum absolute atomic E-state index is 12.7. The standard InChI is InChI=1S/C15H23N3O2/c1-4-17-13-6-8-16-10-12(13)14(19)18-9-5-7-15(2,11-18)20-3/h6,8,10H,4-5,7,9,11H2,1-3H3,(H,16,17). The van der Waals surface area contributed by atoms with Gasteiger partial charge < -0.3 is 15.0 Å². The fraction of sp³-hybridized carbons (Fsp3) is 0.600. The first-order valence-electron chi connectivity index (χ1n) is 7.12. The van der Waals surface area contributed by atoms with Gasteiger partial charge in [0, 0.05) is 39.1 Å². The molecule has 0 aromatic carbocycles. The Morgan fingerprint density at radius 3 is 3.10 bits per heavy atom. The normalized spacial score (nSPS) is 22.6. The number of aromatic nitrogens is 1. The van der Waals surface area contributed by atoms with Crippen LogP contribution < -0.4 is 5.32 Å². The molecule has 0 bridgehead atoms. The number of piperidine rings is 1. The molecule has 0 spiro atoms. The van der Waals surface area contributed by atoms with E-state index in [2.05, 4.69) is 17.2 Å². The van der Waals surface area contributed by atoms with Crippen molar-refractivity contribution < 1.29 is 9.53 Å². The molecule has 5 heteroatoms. The van der Waals surface area contributed by atoms with E-state index in [1.165, 1.54) is 0 Å². The van der Waals surface area contributed by atoms with E-state index in [1.807, 2.05) is 17.9 Å². The molecule has 2 rings (SSSR count). The number of ether oxygens (including phenoxy) is 1. The molecule has 1 aromatic heterocycles. The zero-order chi connectivity index (χ0) is 14.6. The number of methoxy groups -OCH3 is 1. The molecule has 1 saturated heterocycles. The molecule has 1 atom stereocenters. The first kappa shape index (κ1) is 14.8. The van der Waals surface area contributed by atoms with Crippen LogP contribution in [0.5, 0.6) is 0 Å². The second kappa shape index (κ2) is 6.22. The third kappa shape index (κ3) is 3.10. The lowest BCUT2D eigenvalue weighted by Gasteiger charge is -2.39. The van der Waals surface area contributed by atoms with Crippen LogP contribution in [0.25, 0.3) is 0 Å². The Bertz CT molecular complexity index is 478. The Hall–Kier alpha value is -1.62. The van der Waals surface area contributed by atoms with Crippen molar-refractivity contribution in [3.05, 3.63) is 24.0 Å². The predicted molar refractivity (Wildman–Crippen MR) is 79.0 cm³/mol. The van der Waals surface area contributed by atoms with E-state index in [4.69, 9.17) is 4.74 Å². The van der Waals surface area contributed by atoms with Crippen LogP contribution in [0.3, 0.4) is 0 Å². The molecule has 1 fully saturated rings. The summed E-state index contributed by atoms with van der Waals surface area (Å²) in [5.41, 5.74) is 1.24. The Morgan fingerprint density at radius 2 is 2.40 bits per heavy atom. The summed E-state index contributed by atoms with van der Waals surface area (Å²) in [6.45, 7) is 6.25. The van der Waals surface area contributed by atoms with E-state index in [0.717, 1.165) is 31.6 Å². The maximum atomic E-state index is 12.7. The van der Waals surface area contributed by atoms with Gasteiger partial charge in [0.05, 0.1) is 16.9 Å². The number of amides is 1. The van der Waals surface area contributed by atoms with Gasteiger partial charge in [-0.1, -0.05) is 0 Å². The van der Waals surface area contributed by atoms with Crippen molar-refractivity contribution in [2.75, 3.05) is 32.1 Å². The Labute approximate surface area is 120 Å².